The topological polar surface area (TPSA) is 96.3 Å². The Morgan fingerprint density at radius 1 is 1.45 bits per heavy atom. The minimum absolute atomic E-state index is 0.0444. The van der Waals surface area contributed by atoms with Gasteiger partial charge in [0, 0.05) is 31.9 Å². The largest absolute Gasteiger partial charge is 0.353 e. The fourth-order valence-electron chi connectivity index (χ4n) is 2.65. The third-order valence-electron chi connectivity index (χ3n) is 3.73. The average molecular weight is 329 g/mol. The van der Waals surface area contributed by atoms with Gasteiger partial charge < -0.3 is 5.32 Å². The van der Waals surface area contributed by atoms with Gasteiger partial charge in [-0.3, -0.25) is 9.48 Å². The number of nitrogens with zero attached hydrogens (tertiary/aromatic N) is 3. The van der Waals surface area contributed by atoms with Crippen LogP contribution in [-0.2, 0) is 22.1 Å². The van der Waals surface area contributed by atoms with Crippen LogP contribution in [0.5, 0.6) is 0 Å². The lowest BCUT2D eigenvalue weighted by Gasteiger charge is -2.36. The van der Waals surface area contributed by atoms with Crippen molar-refractivity contribution in [2.24, 2.45) is 7.05 Å². The summed E-state index contributed by atoms with van der Waals surface area (Å²) in [6.45, 7) is 5.51. The van der Waals surface area contributed by atoms with Crippen LogP contribution in [0.15, 0.2) is 6.20 Å². The number of aryl methyl sites for hydroxylation is 2. The summed E-state index contributed by atoms with van der Waals surface area (Å²) in [5.74, 6) is -0.283. The summed E-state index contributed by atoms with van der Waals surface area (Å²) in [7, 11) is -0.514. The number of nitrogens with one attached hydrogen (secondary N) is 2. The molecule has 2 N–H and O–H groups in total. The van der Waals surface area contributed by atoms with E-state index >= 15 is 0 Å². The first-order valence-electron chi connectivity index (χ1n) is 7.17. The van der Waals surface area contributed by atoms with Gasteiger partial charge in [0.25, 0.3) is 10.2 Å². The summed E-state index contributed by atoms with van der Waals surface area (Å²) in [5.41, 5.74) is 1.55. The molecule has 2 heterocycles. The zero-order valence-corrected chi connectivity index (χ0v) is 14.3. The lowest BCUT2D eigenvalue weighted by molar-refractivity contribution is -0.125. The van der Waals surface area contributed by atoms with Crippen molar-refractivity contribution < 1.29 is 13.2 Å². The predicted molar refractivity (Wildman–Crippen MR) is 82.2 cm³/mol. The third kappa shape index (κ3) is 3.31. The van der Waals surface area contributed by atoms with Crippen LogP contribution in [0.1, 0.15) is 37.6 Å². The highest BCUT2D eigenvalue weighted by molar-refractivity contribution is 7.87. The molecule has 1 aromatic heterocycles. The van der Waals surface area contributed by atoms with E-state index in [9.17, 15) is 13.2 Å². The predicted octanol–water partition coefficient (Wildman–Crippen LogP) is -0.167. The van der Waals surface area contributed by atoms with Gasteiger partial charge >= 0.3 is 0 Å². The molecule has 0 aliphatic carbocycles. The fourth-order valence-corrected chi connectivity index (χ4v) is 3.92. The van der Waals surface area contributed by atoms with Gasteiger partial charge in [-0.1, -0.05) is 0 Å². The van der Waals surface area contributed by atoms with Crippen molar-refractivity contribution >= 4 is 16.1 Å². The summed E-state index contributed by atoms with van der Waals surface area (Å²) in [4.78, 5) is 12.3. The SMILES string of the molecule is Cc1nn(C)cc1[C@H]1C[C@H](C(=O)NC(C)C)N(C)S(=O)(=O)N1. The standard InChI is InChI=1S/C13H23N5O3S/c1-8(2)14-13(19)12-6-11(16-22(20,21)18(12)5)10-7-17(4)15-9(10)3/h7-8,11-12,16H,6H2,1-5H3,(H,14,19)/t11-,12-/m1/s1. The summed E-state index contributed by atoms with van der Waals surface area (Å²) < 4.78 is 29.9. The Bertz CT molecular complexity index is 667. The second kappa shape index (κ2) is 5.98. The molecule has 0 radical (unpaired) electrons. The normalized spacial score (nSPS) is 25.4. The third-order valence-corrected chi connectivity index (χ3v) is 5.32. The van der Waals surface area contributed by atoms with E-state index in [1.165, 1.54) is 7.05 Å². The van der Waals surface area contributed by atoms with E-state index in [1.54, 1.807) is 17.9 Å². The zero-order valence-electron chi connectivity index (χ0n) is 13.5. The number of aromatic nitrogens is 2. The highest BCUT2D eigenvalue weighted by Gasteiger charge is 2.41. The highest BCUT2D eigenvalue weighted by atomic mass is 32.2. The fraction of sp³-hybridized carbons (Fsp3) is 0.692. The van der Waals surface area contributed by atoms with E-state index in [-0.39, 0.29) is 11.9 Å². The second-order valence-corrected chi connectivity index (χ2v) is 7.71. The number of amides is 1. The molecular weight excluding hydrogens is 306 g/mol. The van der Waals surface area contributed by atoms with Crippen molar-refractivity contribution in [1.82, 2.24) is 24.1 Å². The van der Waals surface area contributed by atoms with Gasteiger partial charge in [-0.2, -0.15) is 22.5 Å². The van der Waals surface area contributed by atoms with Gasteiger partial charge in [-0.15, -0.1) is 0 Å². The molecule has 9 heteroatoms. The quantitative estimate of drug-likeness (QED) is 0.805. The molecule has 22 heavy (non-hydrogen) atoms. The van der Waals surface area contributed by atoms with Gasteiger partial charge in [0.1, 0.15) is 6.04 Å². The molecule has 2 atom stereocenters. The Balaban J connectivity index is 2.32. The number of hydrogen-bond donors (Lipinski definition) is 2. The molecule has 0 bridgehead atoms. The maximum atomic E-state index is 12.3. The molecular formula is C13H23N5O3S. The smallest absolute Gasteiger partial charge is 0.280 e. The summed E-state index contributed by atoms with van der Waals surface area (Å²) in [6, 6.07) is -1.24. The van der Waals surface area contributed by atoms with Gasteiger partial charge in [-0.25, -0.2) is 0 Å². The lowest BCUT2D eigenvalue weighted by Crippen LogP contribution is -2.57. The van der Waals surface area contributed by atoms with Gasteiger partial charge in [0.15, 0.2) is 0 Å². The van der Waals surface area contributed by atoms with E-state index in [4.69, 9.17) is 0 Å². The van der Waals surface area contributed by atoms with E-state index in [1.807, 2.05) is 20.8 Å². The molecule has 1 saturated heterocycles. The van der Waals surface area contributed by atoms with Gasteiger partial charge in [0.05, 0.1) is 11.7 Å². The monoisotopic (exact) mass is 329 g/mol. The molecule has 0 saturated carbocycles. The van der Waals surface area contributed by atoms with Crippen molar-refractivity contribution in [1.29, 1.82) is 0 Å². The summed E-state index contributed by atoms with van der Waals surface area (Å²) in [6.07, 6.45) is 2.14. The van der Waals surface area contributed by atoms with E-state index < -0.39 is 22.3 Å². The average Bonchev–Trinajstić information content (AvgIpc) is 2.70. The first kappa shape index (κ1) is 16.9. The molecule has 1 aromatic rings. The van der Waals surface area contributed by atoms with Gasteiger partial charge in [-0.05, 0) is 27.2 Å². The molecule has 2 rings (SSSR count). The maximum Gasteiger partial charge on any atom is 0.280 e. The number of carbonyl (C=O) groups excluding carboxylic acids is 1. The molecule has 1 aliphatic heterocycles. The van der Waals surface area contributed by atoms with E-state index in [2.05, 4.69) is 15.1 Å². The Morgan fingerprint density at radius 2 is 2.09 bits per heavy atom. The number of carbonyl (C=O) groups is 1. The first-order valence-corrected chi connectivity index (χ1v) is 8.61. The summed E-state index contributed by atoms with van der Waals surface area (Å²) >= 11 is 0. The van der Waals surface area contributed by atoms with Crippen LogP contribution < -0.4 is 10.0 Å². The van der Waals surface area contributed by atoms with Crippen LogP contribution in [0.2, 0.25) is 0 Å². The molecule has 1 fully saturated rings. The van der Waals surface area contributed by atoms with Gasteiger partial charge in [0.2, 0.25) is 5.91 Å². The molecule has 1 amide bonds. The van der Waals surface area contributed by atoms with Crippen LogP contribution in [-0.4, -0.2) is 47.5 Å². The van der Waals surface area contributed by atoms with E-state index in [0.717, 1.165) is 15.6 Å². The molecule has 8 nitrogen and oxygen atoms in total. The number of rotatable bonds is 3. The van der Waals surface area contributed by atoms with Crippen LogP contribution in [0.3, 0.4) is 0 Å². The first-order chi connectivity index (χ1) is 10.1. The van der Waals surface area contributed by atoms with Crippen LogP contribution in [0.25, 0.3) is 0 Å². The minimum atomic E-state index is -3.71. The lowest BCUT2D eigenvalue weighted by atomic mass is 10.00. The van der Waals surface area contributed by atoms with Crippen molar-refractivity contribution in [3.8, 4) is 0 Å². The van der Waals surface area contributed by atoms with Crippen LogP contribution in [0, 0.1) is 6.92 Å². The van der Waals surface area contributed by atoms with E-state index in [0.29, 0.717) is 6.42 Å². The second-order valence-electron chi connectivity index (χ2n) is 5.95. The minimum Gasteiger partial charge on any atom is -0.353 e. The van der Waals surface area contributed by atoms with Crippen molar-refractivity contribution in [2.75, 3.05) is 7.05 Å². The molecule has 0 unspecified atom stereocenters. The Kier molecular flexibility index (Phi) is 4.59. The van der Waals surface area contributed by atoms with Crippen molar-refractivity contribution in [2.45, 2.75) is 45.3 Å². The van der Waals surface area contributed by atoms with Crippen LogP contribution >= 0.6 is 0 Å². The molecule has 124 valence electrons. The Morgan fingerprint density at radius 3 is 2.59 bits per heavy atom. The Hall–Kier alpha value is -1.45. The highest BCUT2D eigenvalue weighted by Crippen LogP contribution is 2.29. The van der Waals surface area contributed by atoms with Crippen LogP contribution in [0.4, 0.5) is 0 Å². The van der Waals surface area contributed by atoms with Crippen molar-refractivity contribution in [3.63, 3.8) is 0 Å². The molecule has 1 aliphatic rings. The zero-order chi connectivity index (χ0) is 16.7. The molecule has 0 aromatic carbocycles. The summed E-state index contributed by atoms with van der Waals surface area (Å²) in [5, 5.41) is 7.02. The Labute approximate surface area is 131 Å². The number of hydrogen-bond acceptors (Lipinski definition) is 4. The number of likely N-dealkylation sites (N-methyl/N-ethyl adjacent to an activating group) is 1. The molecule has 0 spiro atoms. The van der Waals surface area contributed by atoms with Crippen molar-refractivity contribution in [3.05, 3.63) is 17.5 Å². The maximum absolute atomic E-state index is 12.3.